The van der Waals surface area contributed by atoms with Crippen LogP contribution in [0.3, 0.4) is 0 Å². The Morgan fingerprint density at radius 3 is 2.57 bits per heavy atom. The maximum atomic E-state index is 13.7. The number of pyridine rings is 1. The van der Waals surface area contributed by atoms with Crippen LogP contribution in [0.4, 0.5) is 11.6 Å². The SMILES string of the molecule is CC#CCn1c(N(C)CC(C)(C)N)nc2c1c(=O)n(Cc1ncc3ccccc3c1N)c(=O)n2C. The zero-order valence-corrected chi connectivity index (χ0v) is 20.7. The summed E-state index contributed by atoms with van der Waals surface area (Å²) in [7, 11) is 3.44. The fraction of sp³-hybridized carbons (Fsp3) is 0.360. The Balaban J connectivity index is 1.93. The van der Waals surface area contributed by atoms with Gasteiger partial charge in [-0.25, -0.2) is 4.79 Å². The maximum absolute atomic E-state index is 13.7. The molecule has 0 fully saturated rings. The van der Waals surface area contributed by atoms with E-state index in [1.54, 1.807) is 24.7 Å². The van der Waals surface area contributed by atoms with Crippen LogP contribution in [0.2, 0.25) is 0 Å². The Hall–Kier alpha value is -4.10. The van der Waals surface area contributed by atoms with Gasteiger partial charge in [0.15, 0.2) is 11.2 Å². The van der Waals surface area contributed by atoms with Crippen molar-refractivity contribution in [3.63, 3.8) is 0 Å². The molecule has 0 saturated carbocycles. The summed E-state index contributed by atoms with van der Waals surface area (Å²) < 4.78 is 4.24. The molecule has 4 aromatic rings. The van der Waals surface area contributed by atoms with Crippen molar-refractivity contribution < 1.29 is 0 Å². The van der Waals surface area contributed by atoms with E-state index in [9.17, 15) is 9.59 Å². The van der Waals surface area contributed by atoms with Gasteiger partial charge < -0.3 is 16.4 Å². The molecule has 10 heteroatoms. The second-order valence-corrected chi connectivity index (χ2v) is 9.38. The summed E-state index contributed by atoms with van der Waals surface area (Å²) in [6.07, 6.45) is 1.69. The highest BCUT2D eigenvalue weighted by Crippen LogP contribution is 2.23. The minimum Gasteiger partial charge on any atom is -0.397 e. The van der Waals surface area contributed by atoms with E-state index in [0.29, 0.717) is 23.9 Å². The quantitative estimate of drug-likeness (QED) is 0.403. The fourth-order valence-electron chi connectivity index (χ4n) is 4.28. The number of nitrogens with two attached hydrogens (primary N) is 2. The third kappa shape index (κ3) is 4.38. The summed E-state index contributed by atoms with van der Waals surface area (Å²) in [6, 6.07) is 7.58. The minimum atomic E-state index is -0.503. The third-order valence-electron chi connectivity index (χ3n) is 5.84. The first-order valence-electron chi connectivity index (χ1n) is 11.2. The topological polar surface area (TPSA) is 130 Å². The third-order valence-corrected chi connectivity index (χ3v) is 5.84. The summed E-state index contributed by atoms with van der Waals surface area (Å²) in [5.74, 6) is 6.38. The zero-order valence-electron chi connectivity index (χ0n) is 20.7. The van der Waals surface area contributed by atoms with E-state index >= 15 is 0 Å². The summed E-state index contributed by atoms with van der Waals surface area (Å²) in [5.41, 5.74) is 12.6. The molecule has 4 rings (SSSR count). The number of imidazole rings is 1. The highest BCUT2D eigenvalue weighted by Gasteiger charge is 2.24. The van der Waals surface area contributed by atoms with Crippen LogP contribution >= 0.6 is 0 Å². The summed E-state index contributed by atoms with van der Waals surface area (Å²) in [6.45, 7) is 6.20. The number of likely N-dealkylation sites (N-methyl/N-ethyl adjacent to an activating group) is 1. The van der Waals surface area contributed by atoms with Crippen molar-refractivity contribution in [2.75, 3.05) is 24.2 Å². The lowest BCUT2D eigenvalue weighted by Crippen LogP contribution is -2.44. The number of anilines is 2. The van der Waals surface area contributed by atoms with Gasteiger partial charge in [-0.3, -0.25) is 23.5 Å². The lowest BCUT2D eigenvalue weighted by molar-refractivity contribution is 0.512. The van der Waals surface area contributed by atoms with Gasteiger partial charge in [0.1, 0.15) is 0 Å². The first-order chi connectivity index (χ1) is 16.5. The van der Waals surface area contributed by atoms with Crippen LogP contribution in [0, 0.1) is 11.8 Å². The zero-order chi connectivity index (χ0) is 25.5. The van der Waals surface area contributed by atoms with E-state index in [1.165, 1.54) is 4.57 Å². The van der Waals surface area contributed by atoms with Gasteiger partial charge in [-0.2, -0.15) is 4.98 Å². The summed E-state index contributed by atoms with van der Waals surface area (Å²) >= 11 is 0. The van der Waals surface area contributed by atoms with E-state index in [-0.39, 0.29) is 24.3 Å². The van der Waals surface area contributed by atoms with E-state index in [1.807, 2.05) is 50.1 Å². The van der Waals surface area contributed by atoms with Crippen molar-refractivity contribution in [2.45, 2.75) is 39.4 Å². The van der Waals surface area contributed by atoms with Gasteiger partial charge in [-0.15, -0.1) is 5.92 Å². The molecule has 0 amide bonds. The standard InChI is InChI=1S/C25H30N8O2/c1-6-7-12-32-20-21(29-23(32)30(4)15-25(2,3)27)31(5)24(35)33(22(20)34)14-18-19(26)17-11-9-8-10-16(17)13-28-18/h8-11,13H,12,14-15,26-27H2,1-5H3. The summed E-state index contributed by atoms with van der Waals surface area (Å²) in [4.78, 5) is 37.9. The van der Waals surface area contributed by atoms with Crippen molar-refractivity contribution in [3.05, 3.63) is 57.0 Å². The molecule has 3 heterocycles. The van der Waals surface area contributed by atoms with E-state index < -0.39 is 16.8 Å². The molecule has 10 nitrogen and oxygen atoms in total. The number of aryl methyl sites for hydroxylation is 1. The highest BCUT2D eigenvalue weighted by molar-refractivity contribution is 5.93. The van der Waals surface area contributed by atoms with Crippen LogP contribution in [0.5, 0.6) is 0 Å². The second-order valence-electron chi connectivity index (χ2n) is 9.38. The number of benzene rings is 1. The lowest BCUT2D eigenvalue weighted by atomic mass is 10.1. The summed E-state index contributed by atoms with van der Waals surface area (Å²) in [5, 5.41) is 1.70. The minimum absolute atomic E-state index is 0.0657. The van der Waals surface area contributed by atoms with Crippen LogP contribution in [0.15, 0.2) is 40.1 Å². The van der Waals surface area contributed by atoms with E-state index in [2.05, 4.69) is 21.8 Å². The molecule has 0 aliphatic carbocycles. The molecule has 35 heavy (non-hydrogen) atoms. The average molecular weight is 475 g/mol. The van der Waals surface area contributed by atoms with Gasteiger partial charge in [0.05, 0.1) is 24.5 Å². The van der Waals surface area contributed by atoms with Gasteiger partial charge in [0.2, 0.25) is 5.95 Å². The normalized spacial score (nSPS) is 11.6. The Morgan fingerprint density at radius 1 is 1.17 bits per heavy atom. The molecule has 4 N–H and O–H groups in total. The van der Waals surface area contributed by atoms with Gasteiger partial charge >= 0.3 is 5.69 Å². The van der Waals surface area contributed by atoms with Crippen LogP contribution in [0.25, 0.3) is 21.9 Å². The van der Waals surface area contributed by atoms with Crippen molar-refractivity contribution in [1.29, 1.82) is 0 Å². The van der Waals surface area contributed by atoms with Crippen LogP contribution in [0.1, 0.15) is 26.5 Å². The Morgan fingerprint density at radius 2 is 1.89 bits per heavy atom. The monoisotopic (exact) mass is 474 g/mol. The van der Waals surface area contributed by atoms with Crippen LogP contribution in [-0.4, -0.2) is 42.8 Å². The second kappa shape index (κ2) is 8.92. The first-order valence-corrected chi connectivity index (χ1v) is 11.2. The van der Waals surface area contributed by atoms with Gasteiger partial charge in [-0.05, 0) is 20.8 Å². The number of fused-ring (bicyclic) bond motifs is 2. The fourth-order valence-corrected chi connectivity index (χ4v) is 4.28. The highest BCUT2D eigenvalue weighted by atomic mass is 16.2. The first kappa shape index (κ1) is 24.0. The van der Waals surface area contributed by atoms with Crippen molar-refractivity contribution >= 4 is 33.6 Å². The maximum Gasteiger partial charge on any atom is 0.332 e. The van der Waals surface area contributed by atoms with Crippen molar-refractivity contribution in [2.24, 2.45) is 12.8 Å². The number of nitrogens with zero attached hydrogens (tertiary/aromatic N) is 6. The molecular weight excluding hydrogens is 444 g/mol. The van der Waals surface area contributed by atoms with E-state index in [0.717, 1.165) is 15.3 Å². The average Bonchev–Trinajstić information content (AvgIpc) is 3.19. The van der Waals surface area contributed by atoms with Gasteiger partial charge in [0, 0.05) is 43.1 Å². The predicted molar refractivity (Wildman–Crippen MR) is 139 cm³/mol. The Labute approximate surface area is 202 Å². The van der Waals surface area contributed by atoms with Crippen molar-refractivity contribution in [3.8, 4) is 11.8 Å². The smallest absolute Gasteiger partial charge is 0.332 e. The molecular formula is C25H30N8O2. The Bertz CT molecular complexity index is 1610. The number of aromatic nitrogens is 5. The van der Waals surface area contributed by atoms with Gasteiger partial charge in [0.25, 0.3) is 5.56 Å². The molecule has 182 valence electrons. The molecule has 1 aromatic carbocycles. The van der Waals surface area contributed by atoms with Crippen LogP contribution < -0.4 is 27.6 Å². The largest absolute Gasteiger partial charge is 0.397 e. The van der Waals surface area contributed by atoms with E-state index in [4.69, 9.17) is 11.5 Å². The van der Waals surface area contributed by atoms with Gasteiger partial charge in [-0.1, -0.05) is 30.2 Å². The molecule has 0 radical (unpaired) electrons. The number of rotatable bonds is 6. The Kier molecular flexibility index (Phi) is 6.13. The number of hydrogen-bond donors (Lipinski definition) is 2. The number of nitrogen functional groups attached to an aromatic ring is 1. The molecule has 0 unspecified atom stereocenters. The van der Waals surface area contributed by atoms with Crippen molar-refractivity contribution in [1.82, 2.24) is 23.7 Å². The number of hydrogen-bond acceptors (Lipinski definition) is 7. The molecule has 0 spiro atoms. The molecule has 0 bridgehead atoms. The predicted octanol–water partition coefficient (Wildman–Crippen LogP) is 1.27. The molecule has 0 saturated heterocycles. The molecule has 3 aromatic heterocycles. The molecule has 0 atom stereocenters. The molecule has 0 aliphatic heterocycles. The molecule has 0 aliphatic rings. The lowest BCUT2D eigenvalue weighted by Gasteiger charge is -2.27. The van der Waals surface area contributed by atoms with Crippen LogP contribution in [-0.2, 0) is 20.1 Å².